The summed E-state index contributed by atoms with van der Waals surface area (Å²) in [5, 5.41) is 1.20. The van der Waals surface area contributed by atoms with Crippen molar-refractivity contribution >= 4 is 10.9 Å². The second kappa shape index (κ2) is 8.25. The van der Waals surface area contributed by atoms with Gasteiger partial charge in [-0.3, -0.25) is 4.98 Å². The van der Waals surface area contributed by atoms with Crippen LogP contribution in [-0.4, -0.2) is 9.97 Å². The SMILES string of the molecule is CC1(C)c2ccccc2-c2nc3ccccc3c(-c3ccc(-c4ccc(-c5ccccn5)cc4)cc3)c21. The molecule has 7 rings (SSSR count). The second-order valence-corrected chi connectivity index (χ2v) is 10.3. The molecule has 4 aromatic carbocycles. The summed E-state index contributed by atoms with van der Waals surface area (Å²) >= 11 is 0. The van der Waals surface area contributed by atoms with E-state index < -0.39 is 0 Å². The van der Waals surface area contributed by atoms with Crippen LogP contribution >= 0.6 is 0 Å². The monoisotopic (exact) mass is 474 g/mol. The molecule has 0 fully saturated rings. The summed E-state index contributed by atoms with van der Waals surface area (Å²) in [4.78, 5) is 9.64. The molecule has 2 aromatic heterocycles. The molecule has 176 valence electrons. The number of benzene rings is 4. The van der Waals surface area contributed by atoms with Gasteiger partial charge in [-0.2, -0.15) is 0 Å². The fourth-order valence-corrected chi connectivity index (χ4v) is 5.88. The zero-order valence-corrected chi connectivity index (χ0v) is 20.9. The van der Waals surface area contributed by atoms with E-state index in [2.05, 4.69) is 116 Å². The summed E-state index contributed by atoms with van der Waals surface area (Å²) in [7, 11) is 0. The summed E-state index contributed by atoms with van der Waals surface area (Å²) in [5.74, 6) is 0. The van der Waals surface area contributed by atoms with E-state index in [0.717, 1.165) is 22.5 Å². The van der Waals surface area contributed by atoms with Gasteiger partial charge < -0.3 is 0 Å². The van der Waals surface area contributed by atoms with Crippen LogP contribution in [0, 0.1) is 0 Å². The molecule has 0 N–H and O–H groups in total. The molecule has 37 heavy (non-hydrogen) atoms. The van der Waals surface area contributed by atoms with Gasteiger partial charge in [-0.25, -0.2) is 4.98 Å². The molecular formula is C35H26N2. The molecule has 2 nitrogen and oxygen atoms in total. The zero-order valence-electron chi connectivity index (χ0n) is 20.9. The van der Waals surface area contributed by atoms with Gasteiger partial charge in [0.05, 0.1) is 16.9 Å². The van der Waals surface area contributed by atoms with E-state index in [1.807, 2.05) is 24.4 Å². The number of aromatic nitrogens is 2. The van der Waals surface area contributed by atoms with E-state index in [1.54, 1.807) is 0 Å². The third-order valence-corrected chi connectivity index (χ3v) is 7.73. The van der Waals surface area contributed by atoms with Crippen LogP contribution in [0.5, 0.6) is 0 Å². The van der Waals surface area contributed by atoms with Gasteiger partial charge in [-0.15, -0.1) is 0 Å². The minimum absolute atomic E-state index is 0.127. The summed E-state index contributed by atoms with van der Waals surface area (Å²) in [6.07, 6.45) is 1.83. The van der Waals surface area contributed by atoms with Crippen LogP contribution < -0.4 is 0 Å². The summed E-state index contributed by atoms with van der Waals surface area (Å²) in [6.45, 7) is 4.66. The van der Waals surface area contributed by atoms with Crippen molar-refractivity contribution in [1.29, 1.82) is 0 Å². The maximum Gasteiger partial charge on any atom is 0.0759 e. The topological polar surface area (TPSA) is 25.8 Å². The highest BCUT2D eigenvalue weighted by Gasteiger charge is 2.39. The van der Waals surface area contributed by atoms with Crippen molar-refractivity contribution in [3.05, 3.63) is 133 Å². The smallest absolute Gasteiger partial charge is 0.0759 e. The number of hydrogen-bond donors (Lipinski definition) is 0. The van der Waals surface area contributed by atoms with Crippen LogP contribution in [0.1, 0.15) is 25.0 Å². The van der Waals surface area contributed by atoms with Crippen molar-refractivity contribution in [2.24, 2.45) is 0 Å². The summed E-state index contributed by atoms with van der Waals surface area (Å²) in [6, 6.07) is 40.9. The van der Waals surface area contributed by atoms with E-state index >= 15 is 0 Å². The third-order valence-electron chi connectivity index (χ3n) is 7.73. The lowest BCUT2D eigenvalue weighted by Gasteiger charge is -2.25. The number of fused-ring (bicyclic) bond motifs is 4. The molecule has 1 aliphatic carbocycles. The van der Waals surface area contributed by atoms with E-state index in [1.165, 1.54) is 44.3 Å². The van der Waals surface area contributed by atoms with Gasteiger partial charge in [-0.05, 0) is 51.6 Å². The summed E-state index contributed by atoms with van der Waals surface area (Å²) < 4.78 is 0. The quantitative estimate of drug-likeness (QED) is 0.256. The first-order valence-corrected chi connectivity index (χ1v) is 12.8. The Kier molecular flexibility index (Phi) is 4.84. The first-order chi connectivity index (χ1) is 18.1. The van der Waals surface area contributed by atoms with Crippen molar-refractivity contribution in [3.8, 4) is 44.8 Å². The molecule has 0 unspecified atom stereocenters. The molecule has 2 heteroatoms. The lowest BCUT2D eigenvalue weighted by atomic mass is 9.78. The highest BCUT2D eigenvalue weighted by molar-refractivity contribution is 6.02. The number of nitrogens with zero attached hydrogens (tertiary/aromatic N) is 2. The maximum absolute atomic E-state index is 5.17. The predicted molar refractivity (Wildman–Crippen MR) is 153 cm³/mol. The Hall–Kier alpha value is -4.56. The van der Waals surface area contributed by atoms with Crippen molar-refractivity contribution in [3.63, 3.8) is 0 Å². The predicted octanol–water partition coefficient (Wildman–Crippen LogP) is 8.94. The normalized spacial score (nSPS) is 13.4. The molecule has 0 aliphatic heterocycles. The fraction of sp³-hybridized carbons (Fsp3) is 0.0857. The lowest BCUT2D eigenvalue weighted by Crippen LogP contribution is -2.16. The van der Waals surface area contributed by atoms with Crippen LogP contribution in [0.4, 0.5) is 0 Å². The van der Waals surface area contributed by atoms with Crippen LogP contribution in [0.25, 0.3) is 55.7 Å². The lowest BCUT2D eigenvalue weighted by molar-refractivity contribution is 0.662. The van der Waals surface area contributed by atoms with Crippen molar-refractivity contribution in [1.82, 2.24) is 9.97 Å². The minimum Gasteiger partial charge on any atom is -0.256 e. The van der Waals surface area contributed by atoms with Crippen LogP contribution in [-0.2, 0) is 5.41 Å². The Morgan fingerprint density at radius 1 is 0.568 bits per heavy atom. The van der Waals surface area contributed by atoms with Crippen LogP contribution in [0.2, 0.25) is 0 Å². The molecule has 0 radical (unpaired) electrons. The van der Waals surface area contributed by atoms with Crippen molar-refractivity contribution < 1.29 is 0 Å². The Balaban J connectivity index is 1.35. The standard InChI is InChI=1S/C35H26N2/c1-35(2)29-11-5-3-9-27(29)34-33(35)32(28-10-4-6-13-31(28)37-34)26-20-16-24(17-21-26)23-14-18-25(19-15-23)30-12-7-8-22-36-30/h3-22H,1-2H3. The molecule has 0 bridgehead atoms. The average molecular weight is 475 g/mol. The number of para-hydroxylation sites is 1. The number of hydrogen-bond acceptors (Lipinski definition) is 2. The molecule has 0 amide bonds. The van der Waals surface area contributed by atoms with Crippen molar-refractivity contribution in [2.75, 3.05) is 0 Å². The van der Waals surface area contributed by atoms with Gasteiger partial charge in [0, 0.05) is 28.1 Å². The Morgan fingerprint density at radius 2 is 1.19 bits per heavy atom. The van der Waals surface area contributed by atoms with E-state index in [4.69, 9.17) is 4.98 Å². The van der Waals surface area contributed by atoms with E-state index in [0.29, 0.717) is 0 Å². The number of pyridine rings is 2. The zero-order chi connectivity index (χ0) is 25.0. The van der Waals surface area contributed by atoms with Gasteiger partial charge in [0.15, 0.2) is 0 Å². The fourth-order valence-electron chi connectivity index (χ4n) is 5.88. The largest absolute Gasteiger partial charge is 0.256 e. The van der Waals surface area contributed by atoms with Gasteiger partial charge in [-0.1, -0.05) is 111 Å². The average Bonchev–Trinajstić information content (AvgIpc) is 3.19. The molecule has 0 atom stereocenters. The molecule has 2 heterocycles. The Labute approximate surface area is 217 Å². The molecule has 0 saturated heterocycles. The summed E-state index contributed by atoms with van der Waals surface area (Å²) in [5.41, 5.74) is 13.0. The second-order valence-electron chi connectivity index (χ2n) is 10.3. The van der Waals surface area contributed by atoms with Crippen LogP contribution in [0.3, 0.4) is 0 Å². The van der Waals surface area contributed by atoms with Gasteiger partial charge in [0.1, 0.15) is 0 Å². The van der Waals surface area contributed by atoms with Crippen molar-refractivity contribution in [2.45, 2.75) is 19.3 Å². The van der Waals surface area contributed by atoms with Gasteiger partial charge in [0.2, 0.25) is 0 Å². The minimum atomic E-state index is -0.127. The van der Waals surface area contributed by atoms with E-state index in [9.17, 15) is 0 Å². The number of rotatable bonds is 3. The molecule has 1 aliphatic rings. The van der Waals surface area contributed by atoms with Crippen LogP contribution in [0.15, 0.2) is 121 Å². The highest BCUT2D eigenvalue weighted by atomic mass is 14.7. The first kappa shape index (κ1) is 21.7. The maximum atomic E-state index is 5.17. The highest BCUT2D eigenvalue weighted by Crippen LogP contribution is 2.53. The molecule has 0 spiro atoms. The van der Waals surface area contributed by atoms with E-state index in [-0.39, 0.29) is 5.41 Å². The van der Waals surface area contributed by atoms with Gasteiger partial charge >= 0.3 is 0 Å². The Bertz CT molecular complexity index is 1760. The Morgan fingerprint density at radius 3 is 1.92 bits per heavy atom. The third kappa shape index (κ3) is 3.41. The molecular weight excluding hydrogens is 448 g/mol. The molecule has 6 aromatic rings. The molecule has 0 saturated carbocycles. The first-order valence-electron chi connectivity index (χ1n) is 12.8. The van der Waals surface area contributed by atoms with Gasteiger partial charge in [0.25, 0.3) is 0 Å².